The molecule has 164 valence electrons. The normalized spacial score (nSPS) is 10.8. The lowest BCUT2D eigenvalue weighted by molar-refractivity contribution is -0.120. The minimum atomic E-state index is 0. The largest absolute Gasteiger partial charge is 0.359 e. The number of nitrogens with one attached hydrogen (secondary N) is 1. The van der Waals surface area contributed by atoms with Crippen LogP contribution in [0.3, 0.4) is 0 Å². The van der Waals surface area contributed by atoms with E-state index in [4.69, 9.17) is 0 Å². The Labute approximate surface area is 177 Å². The maximum atomic E-state index is 11.0. The summed E-state index contributed by atoms with van der Waals surface area (Å²) in [7, 11) is 1.68. The Balaban J connectivity index is -0.000000537. The fraction of sp³-hybridized carbons (Fsp3) is 0.577. The third-order valence-corrected chi connectivity index (χ3v) is 3.21. The zero-order valence-electron chi connectivity index (χ0n) is 18.8. The molecule has 0 unspecified atom stereocenters. The Morgan fingerprint density at radius 1 is 0.679 bits per heavy atom. The predicted octanol–water partition coefficient (Wildman–Crippen LogP) is 8.34. The van der Waals surface area contributed by atoms with Gasteiger partial charge in [0.15, 0.2) is 0 Å². The summed E-state index contributed by atoms with van der Waals surface area (Å²) in [5.74, 6) is 0.123. The molecule has 0 bridgehead atoms. The Hall–Kier alpha value is -1.83. The van der Waals surface area contributed by atoms with Crippen LogP contribution in [0.5, 0.6) is 0 Å². The summed E-state index contributed by atoms with van der Waals surface area (Å²) in [4.78, 5) is 11.0. The van der Waals surface area contributed by atoms with Gasteiger partial charge in [0.25, 0.3) is 0 Å². The Bertz CT molecular complexity index is 414. The van der Waals surface area contributed by atoms with Crippen LogP contribution in [0.1, 0.15) is 93.4 Å². The van der Waals surface area contributed by atoms with Crippen LogP contribution in [0, 0.1) is 0 Å². The van der Waals surface area contributed by atoms with Gasteiger partial charge in [0.05, 0.1) is 0 Å². The molecule has 0 atom stereocenters. The molecule has 28 heavy (non-hydrogen) atoms. The number of hydrogen-bond acceptors (Lipinski definition) is 1. The van der Waals surface area contributed by atoms with E-state index in [-0.39, 0.29) is 13.3 Å². The smallest absolute Gasteiger partial charge is 0.219 e. The Morgan fingerprint density at radius 3 is 1.39 bits per heavy atom. The van der Waals surface area contributed by atoms with Gasteiger partial charge in [-0.05, 0) is 44.9 Å². The number of hydrogen-bond donors (Lipinski definition) is 1. The zero-order valence-corrected chi connectivity index (χ0v) is 18.8. The van der Waals surface area contributed by atoms with Crippen molar-refractivity contribution in [3.63, 3.8) is 0 Å². The standard InChI is InChI=1S/C21H33NO.2C2H6.CH4/c1-3-4-5-6-7-8-9-10-11-12-13-14-15-16-17-18-19-20-21(23)22-2;2*1-2;/h4-5,7-8,10-11,13-14,16-17H,3,6,9,12,15,18-20H2,1-2H3,(H,22,23);2*1-2H3;1H4/b5-4-,8-7-,11-10-,14-13-,17-16-;;;. The van der Waals surface area contributed by atoms with Crippen molar-refractivity contribution >= 4 is 5.91 Å². The quantitative estimate of drug-likeness (QED) is 0.248. The average Bonchev–Trinajstić information content (AvgIpc) is 2.73. The van der Waals surface area contributed by atoms with Crippen LogP contribution in [0.2, 0.25) is 0 Å². The van der Waals surface area contributed by atoms with Crippen LogP contribution in [-0.2, 0) is 4.79 Å². The second-order valence-corrected chi connectivity index (χ2v) is 5.27. The number of carbonyl (C=O) groups excluding carboxylic acids is 1. The second kappa shape index (κ2) is 36.1. The number of amides is 1. The lowest BCUT2D eigenvalue weighted by Crippen LogP contribution is -2.16. The van der Waals surface area contributed by atoms with Crippen LogP contribution in [-0.4, -0.2) is 13.0 Å². The molecule has 0 spiro atoms. The molecular formula is C26H49NO. The zero-order chi connectivity index (χ0) is 21.0. The van der Waals surface area contributed by atoms with Crippen molar-refractivity contribution in [2.45, 2.75) is 93.4 Å². The third kappa shape index (κ3) is 35.3. The van der Waals surface area contributed by atoms with Gasteiger partial charge in [-0.3, -0.25) is 4.79 Å². The first-order valence-corrected chi connectivity index (χ1v) is 10.8. The highest BCUT2D eigenvalue weighted by molar-refractivity contribution is 5.75. The summed E-state index contributed by atoms with van der Waals surface area (Å²) >= 11 is 0. The highest BCUT2D eigenvalue weighted by Gasteiger charge is 1.94. The van der Waals surface area contributed by atoms with Gasteiger partial charge in [0.2, 0.25) is 5.91 Å². The summed E-state index contributed by atoms with van der Waals surface area (Å²) < 4.78 is 0. The molecular weight excluding hydrogens is 342 g/mol. The SMILES string of the molecule is C.CC.CC.CC/C=C\C/C=C\C/C=C\C/C=C\C/C=C\CCCC(=O)NC. The number of rotatable bonds is 13. The summed E-state index contributed by atoms with van der Waals surface area (Å²) in [6.07, 6.45) is 29.6. The van der Waals surface area contributed by atoms with E-state index in [1.54, 1.807) is 7.05 Å². The number of carbonyl (C=O) groups is 1. The van der Waals surface area contributed by atoms with E-state index in [0.29, 0.717) is 6.42 Å². The number of allylic oxidation sites excluding steroid dienone is 10. The molecule has 0 aromatic rings. The first-order valence-electron chi connectivity index (χ1n) is 10.8. The highest BCUT2D eigenvalue weighted by atomic mass is 16.1. The maximum Gasteiger partial charge on any atom is 0.219 e. The van der Waals surface area contributed by atoms with E-state index in [1.807, 2.05) is 27.7 Å². The predicted molar refractivity (Wildman–Crippen MR) is 132 cm³/mol. The lowest BCUT2D eigenvalue weighted by Gasteiger charge is -1.95. The molecule has 0 saturated carbocycles. The monoisotopic (exact) mass is 391 g/mol. The van der Waals surface area contributed by atoms with Gasteiger partial charge >= 0.3 is 0 Å². The topological polar surface area (TPSA) is 29.1 Å². The fourth-order valence-corrected chi connectivity index (χ4v) is 1.87. The molecule has 0 heterocycles. The molecule has 0 fully saturated rings. The van der Waals surface area contributed by atoms with Crippen molar-refractivity contribution in [3.05, 3.63) is 60.8 Å². The van der Waals surface area contributed by atoms with Crippen LogP contribution in [0.4, 0.5) is 0 Å². The van der Waals surface area contributed by atoms with Crippen molar-refractivity contribution in [1.29, 1.82) is 0 Å². The van der Waals surface area contributed by atoms with E-state index in [9.17, 15) is 4.79 Å². The van der Waals surface area contributed by atoms with Gasteiger partial charge in [0.1, 0.15) is 0 Å². The number of unbranched alkanes of at least 4 members (excludes halogenated alkanes) is 1. The molecule has 0 aliphatic carbocycles. The van der Waals surface area contributed by atoms with Crippen LogP contribution in [0.15, 0.2) is 60.8 Å². The molecule has 1 N–H and O–H groups in total. The van der Waals surface area contributed by atoms with Crippen molar-refractivity contribution in [1.82, 2.24) is 5.32 Å². The second-order valence-electron chi connectivity index (χ2n) is 5.27. The van der Waals surface area contributed by atoms with E-state index < -0.39 is 0 Å². The van der Waals surface area contributed by atoms with Crippen molar-refractivity contribution in [3.8, 4) is 0 Å². The molecule has 2 heteroatoms. The molecule has 0 aliphatic heterocycles. The molecule has 0 rings (SSSR count). The summed E-state index contributed by atoms with van der Waals surface area (Å²) in [6.45, 7) is 10.2. The van der Waals surface area contributed by atoms with Gasteiger partial charge in [-0.15, -0.1) is 0 Å². The molecule has 1 amide bonds. The van der Waals surface area contributed by atoms with Crippen LogP contribution < -0.4 is 5.32 Å². The van der Waals surface area contributed by atoms with E-state index >= 15 is 0 Å². The molecule has 0 radical (unpaired) electrons. The van der Waals surface area contributed by atoms with Crippen molar-refractivity contribution < 1.29 is 4.79 Å². The maximum absolute atomic E-state index is 11.0. The summed E-state index contributed by atoms with van der Waals surface area (Å²) in [6, 6.07) is 0. The lowest BCUT2D eigenvalue weighted by atomic mass is 10.2. The van der Waals surface area contributed by atoms with Gasteiger partial charge in [0, 0.05) is 13.5 Å². The summed E-state index contributed by atoms with van der Waals surface area (Å²) in [5, 5.41) is 2.63. The molecule has 0 aromatic heterocycles. The van der Waals surface area contributed by atoms with Gasteiger partial charge in [-0.2, -0.15) is 0 Å². The molecule has 2 nitrogen and oxygen atoms in total. The van der Waals surface area contributed by atoms with E-state index in [2.05, 4.69) is 73.0 Å². The van der Waals surface area contributed by atoms with Crippen LogP contribution in [0.25, 0.3) is 0 Å². The van der Waals surface area contributed by atoms with Crippen molar-refractivity contribution in [2.75, 3.05) is 7.05 Å². The minimum Gasteiger partial charge on any atom is -0.359 e. The van der Waals surface area contributed by atoms with Crippen molar-refractivity contribution in [2.24, 2.45) is 0 Å². The Kier molecular flexibility index (Phi) is 43.5. The molecule has 0 aromatic carbocycles. The fourth-order valence-electron chi connectivity index (χ4n) is 1.87. The van der Waals surface area contributed by atoms with E-state index in [1.165, 1.54) is 0 Å². The van der Waals surface area contributed by atoms with E-state index in [0.717, 1.165) is 44.9 Å². The minimum absolute atomic E-state index is 0. The van der Waals surface area contributed by atoms with Gasteiger partial charge in [-0.1, -0.05) is 103 Å². The third-order valence-electron chi connectivity index (χ3n) is 3.21. The molecule has 0 saturated heterocycles. The first kappa shape index (κ1) is 33.7. The average molecular weight is 392 g/mol. The first-order chi connectivity index (χ1) is 13.3. The Morgan fingerprint density at radius 2 is 1.04 bits per heavy atom. The van der Waals surface area contributed by atoms with Crippen LogP contribution >= 0.6 is 0 Å². The van der Waals surface area contributed by atoms with Gasteiger partial charge < -0.3 is 5.32 Å². The molecule has 0 aliphatic rings. The highest BCUT2D eigenvalue weighted by Crippen LogP contribution is 1.99. The van der Waals surface area contributed by atoms with Gasteiger partial charge in [-0.25, -0.2) is 0 Å². The summed E-state index contributed by atoms with van der Waals surface area (Å²) in [5.41, 5.74) is 0.